The molecule has 1 heterocycles. The molecule has 1 N–H and O–H groups in total. The lowest BCUT2D eigenvalue weighted by Gasteiger charge is -2.02. The normalized spacial score (nSPS) is 10.4. The molecule has 4 nitrogen and oxygen atoms in total. The van der Waals surface area contributed by atoms with Gasteiger partial charge in [-0.15, -0.1) is 0 Å². The van der Waals surface area contributed by atoms with Crippen LogP contribution in [0.4, 0.5) is 0 Å². The number of aromatic nitrogens is 2. The molecule has 16 heavy (non-hydrogen) atoms. The predicted octanol–water partition coefficient (Wildman–Crippen LogP) is 2.77. The van der Waals surface area contributed by atoms with Gasteiger partial charge < -0.3 is 5.11 Å². The first-order valence-electron chi connectivity index (χ1n) is 5.35. The molecule has 0 fully saturated rings. The van der Waals surface area contributed by atoms with E-state index in [2.05, 4.69) is 16.9 Å². The van der Waals surface area contributed by atoms with Crippen molar-refractivity contribution in [3.05, 3.63) is 17.5 Å². The third kappa shape index (κ3) is 4.18. The van der Waals surface area contributed by atoms with Gasteiger partial charge in [0.25, 0.3) is 0 Å². The standard InChI is InChI=1S/C11H16N2O2S/c1-3-4-5-6-16-11-12-8(2)7-9(13-11)10(14)15/h7H,3-6H2,1-2H3,(H,14,15). The van der Waals surface area contributed by atoms with Crippen molar-refractivity contribution in [3.63, 3.8) is 0 Å². The highest BCUT2D eigenvalue weighted by atomic mass is 32.2. The number of rotatable bonds is 6. The highest BCUT2D eigenvalue weighted by molar-refractivity contribution is 7.99. The van der Waals surface area contributed by atoms with Gasteiger partial charge in [0.2, 0.25) is 0 Å². The summed E-state index contributed by atoms with van der Waals surface area (Å²) >= 11 is 1.52. The summed E-state index contributed by atoms with van der Waals surface area (Å²) in [5.41, 5.74) is 0.774. The number of carboxylic acid groups (broad SMARTS) is 1. The fourth-order valence-corrected chi connectivity index (χ4v) is 2.13. The zero-order valence-corrected chi connectivity index (χ0v) is 10.4. The van der Waals surface area contributed by atoms with Crippen LogP contribution in [0.3, 0.4) is 0 Å². The van der Waals surface area contributed by atoms with E-state index in [4.69, 9.17) is 5.11 Å². The average molecular weight is 240 g/mol. The minimum Gasteiger partial charge on any atom is -0.477 e. The van der Waals surface area contributed by atoms with Crippen LogP contribution in [0.25, 0.3) is 0 Å². The summed E-state index contributed by atoms with van der Waals surface area (Å²) in [5, 5.41) is 9.41. The number of hydrogen-bond acceptors (Lipinski definition) is 4. The van der Waals surface area contributed by atoms with E-state index < -0.39 is 5.97 Å². The first-order valence-corrected chi connectivity index (χ1v) is 6.34. The largest absolute Gasteiger partial charge is 0.477 e. The Hall–Kier alpha value is -1.10. The third-order valence-corrected chi connectivity index (χ3v) is 2.97. The van der Waals surface area contributed by atoms with E-state index in [-0.39, 0.29) is 5.69 Å². The number of unbranched alkanes of at least 4 members (excludes halogenated alkanes) is 2. The van der Waals surface area contributed by atoms with E-state index in [0.29, 0.717) is 10.9 Å². The number of carbonyl (C=O) groups is 1. The van der Waals surface area contributed by atoms with Crippen LogP contribution in [0.15, 0.2) is 11.2 Å². The van der Waals surface area contributed by atoms with Crippen molar-refractivity contribution in [1.82, 2.24) is 9.97 Å². The Morgan fingerprint density at radius 3 is 2.81 bits per heavy atom. The van der Waals surface area contributed by atoms with Gasteiger partial charge >= 0.3 is 5.97 Å². The Morgan fingerprint density at radius 2 is 2.19 bits per heavy atom. The minimum absolute atomic E-state index is 0.0745. The van der Waals surface area contributed by atoms with Crippen molar-refractivity contribution >= 4 is 17.7 Å². The van der Waals surface area contributed by atoms with Crippen molar-refractivity contribution in [2.24, 2.45) is 0 Å². The van der Waals surface area contributed by atoms with E-state index >= 15 is 0 Å². The van der Waals surface area contributed by atoms with Crippen molar-refractivity contribution in [3.8, 4) is 0 Å². The van der Waals surface area contributed by atoms with E-state index in [1.807, 2.05) is 0 Å². The zero-order valence-electron chi connectivity index (χ0n) is 9.56. The van der Waals surface area contributed by atoms with Crippen LogP contribution in [0.5, 0.6) is 0 Å². The second kappa shape index (κ2) is 6.48. The van der Waals surface area contributed by atoms with Crippen LogP contribution in [-0.2, 0) is 0 Å². The molecule has 0 aliphatic rings. The molecular formula is C11H16N2O2S. The Kier molecular flexibility index (Phi) is 5.25. The summed E-state index contributed by atoms with van der Waals surface area (Å²) in [4.78, 5) is 19.0. The molecule has 0 aliphatic heterocycles. The SMILES string of the molecule is CCCCCSc1nc(C)cc(C(=O)O)n1. The van der Waals surface area contributed by atoms with Gasteiger partial charge in [0.15, 0.2) is 10.9 Å². The van der Waals surface area contributed by atoms with Gasteiger partial charge in [0.1, 0.15) is 0 Å². The average Bonchev–Trinajstić information content (AvgIpc) is 2.23. The van der Waals surface area contributed by atoms with Crippen molar-refractivity contribution in [2.45, 2.75) is 38.3 Å². The number of thioether (sulfide) groups is 1. The summed E-state index contributed by atoms with van der Waals surface area (Å²) in [7, 11) is 0. The first kappa shape index (κ1) is 13.0. The van der Waals surface area contributed by atoms with Gasteiger partial charge in [-0.2, -0.15) is 0 Å². The number of aryl methyl sites for hydroxylation is 1. The molecule has 1 rings (SSSR count). The lowest BCUT2D eigenvalue weighted by Crippen LogP contribution is -2.04. The summed E-state index contributed by atoms with van der Waals surface area (Å²) in [5.74, 6) is -0.0583. The van der Waals surface area contributed by atoms with Gasteiger partial charge in [-0.3, -0.25) is 0 Å². The molecule has 0 radical (unpaired) electrons. The predicted molar refractivity (Wildman–Crippen MR) is 64.0 cm³/mol. The Morgan fingerprint density at radius 1 is 1.44 bits per heavy atom. The van der Waals surface area contributed by atoms with Gasteiger partial charge in [-0.05, 0) is 19.4 Å². The highest BCUT2D eigenvalue weighted by Crippen LogP contribution is 2.16. The van der Waals surface area contributed by atoms with Crippen LogP contribution >= 0.6 is 11.8 Å². The summed E-state index contributed by atoms with van der Waals surface area (Å²) in [6, 6.07) is 1.48. The number of hydrogen-bond donors (Lipinski definition) is 1. The minimum atomic E-state index is -0.999. The van der Waals surface area contributed by atoms with E-state index in [1.165, 1.54) is 30.7 Å². The number of nitrogens with zero attached hydrogens (tertiary/aromatic N) is 2. The molecule has 5 heteroatoms. The third-order valence-electron chi connectivity index (χ3n) is 2.03. The summed E-state index contributed by atoms with van der Waals surface area (Å²) in [6.07, 6.45) is 3.47. The van der Waals surface area contributed by atoms with Gasteiger partial charge in [-0.25, -0.2) is 14.8 Å². The highest BCUT2D eigenvalue weighted by Gasteiger charge is 2.08. The maximum atomic E-state index is 10.8. The molecule has 1 aromatic rings. The Labute approximate surface area is 99.5 Å². The first-order chi connectivity index (χ1) is 7.63. The Balaban J connectivity index is 2.62. The second-order valence-electron chi connectivity index (χ2n) is 3.54. The number of carboxylic acids is 1. The maximum absolute atomic E-state index is 10.8. The number of aromatic carboxylic acids is 1. The molecule has 0 amide bonds. The molecule has 88 valence electrons. The maximum Gasteiger partial charge on any atom is 0.354 e. The molecule has 0 saturated carbocycles. The lowest BCUT2D eigenvalue weighted by atomic mass is 10.3. The van der Waals surface area contributed by atoms with Crippen LogP contribution in [-0.4, -0.2) is 26.8 Å². The quantitative estimate of drug-likeness (QED) is 0.470. The van der Waals surface area contributed by atoms with Gasteiger partial charge in [0.05, 0.1) is 0 Å². The van der Waals surface area contributed by atoms with Crippen molar-refractivity contribution in [2.75, 3.05) is 5.75 Å². The van der Waals surface area contributed by atoms with Gasteiger partial charge in [0, 0.05) is 11.4 Å². The summed E-state index contributed by atoms with van der Waals surface area (Å²) < 4.78 is 0. The topological polar surface area (TPSA) is 63.1 Å². The second-order valence-corrected chi connectivity index (χ2v) is 4.60. The van der Waals surface area contributed by atoms with Crippen LogP contribution < -0.4 is 0 Å². The molecule has 1 aromatic heterocycles. The van der Waals surface area contributed by atoms with Crippen molar-refractivity contribution in [1.29, 1.82) is 0 Å². The van der Waals surface area contributed by atoms with E-state index in [9.17, 15) is 4.79 Å². The molecule has 0 atom stereocenters. The van der Waals surface area contributed by atoms with E-state index in [1.54, 1.807) is 6.92 Å². The van der Waals surface area contributed by atoms with E-state index in [0.717, 1.165) is 12.2 Å². The molecule has 0 spiro atoms. The Bertz CT molecular complexity index is 369. The monoisotopic (exact) mass is 240 g/mol. The van der Waals surface area contributed by atoms with Gasteiger partial charge in [-0.1, -0.05) is 31.5 Å². The molecule has 0 aromatic carbocycles. The molecular weight excluding hydrogens is 224 g/mol. The van der Waals surface area contributed by atoms with Crippen LogP contribution in [0.2, 0.25) is 0 Å². The summed E-state index contributed by atoms with van der Waals surface area (Å²) in [6.45, 7) is 3.93. The van der Waals surface area contributed by atoms with Crippen LogP contribution in [0.1, 0.15) is 42.4 Å². The smallest absolute Gasteiger partial charge is 0.354 e. The van der Waals surface area contributed by atoms with Crippen molar-refractivity contribution < 1.29 is 9.90 Å². The lowest BCUT2D eigenvalue weighted by molar-refractivity contribution is 0.0689. The molecule has 0 aliphatic carbocycles. The fraction of sp³-hybridized carbons (Fsp3) is 0.545. The fourth-order valence-electron chi connectivity index (χ4n) is 1.23. The molecule has 0 bridgehead atoms. The van der Waals surface area contributed by atoms with Crippen LogP contribution in [0, 0.1) is 6.92 Å². The molecule has 0 unspecified atom stereocenters. The zero-order chi connectivity index (χ0) is 12.0. The molecule has 0 saturated heterocycles.